The standard InChI is InChI=1S/C19H27N7/c1-6-10-26-15(5)17(12-22-26)18-8-9-20-19(23-18)21-11-16-13(3)24-25(7-2)14(16)4/h8-9,12H,6-7,10-11H2,1-5H3,(H,20,21,23). The molecule has 0 aliphatic rings. The first kappa shape index (κ1) is 18.1. The van der Waals surface area contributed by atoms with Crippen molar-refractivity contribution >= 4 is 5.95 Å². The van der Waals surface area contributed by atoms with Gasteiger partial charge in [0.15, 0.2) is 0 Å². The van der Waals surface area contributed by atoms with Crippen LogP contribution in [-0.2, 0) is 19.6 Å². The smallest absolute Gasteiger partial charge is 0.223 e. The summed E-state index contributed by atoms with van der Waals surface area (Å²) in [4.78, 5) is 9.04. The van der Waals surface area contributed by atoms with Crippen molar-refractivity contribution in [2.24, 2.45) is 0 Å². The van der Waals surface area contributed by atoms with Gasteiger partial charge in [-0.2, -0.15) is 10.2 Å². The van der Waals surface area contributed by atoms with Crippen molar-refractivity contribution in [1.82, 2.24) is 29.5 Å². The van der Waals surface area contributed by atoms with Gasteiger partial charge in [0, 0.05) is 48.3 Å². The van der Waals surface area contributed by atoms with Crippen molar-refractivity contribution < 1.29 is 0 Å². The zero-order valence-electron chi connectivity index (χ0n) is 16.2. The van der Waals surface area contributed by atoms with Crippen molar-refractivity contribution in [1.29, 1.82) is 0 Å². The first-order chi connectivity index (χ1) is 12.5. The Hall–Kier alpha value is -2.70. The molecule has 0 aromatic carbocycles. The minimum Gasteiger partial charge on any atom is -0.350 e. The molecule has 0 fully saturated rings. The van der Waals surface area contributed by atoms with Crippen LogP contribution in [0.1, 0.15) is 42.9 Å². The van der Waals surface area contributed by atoms with Crippen molar-refractivity contribution in [2.45, 2.75) is 60.7 Å². The summed E-state index contributed by atoms with van der Waals surface area (Å²) in [5.74, 6) is 0.619. The van der Waals surface area contributed by atoms with Gasteiger partial charge in [-0.1, -0.05) is 6.92 Å². The van der Waals surface area contributed by atoms with E-state index in [9.17, 15) is 0 Å². The molecular weight excluding hydrogens is 326 g/mol. The summed E-state index contributed by atoms with van der Waals surface area (Å²) in [6, 6.07) is 1.93. The van der Waals surface area contributed by atoms with E-state index in [1.54, 1.807) is 6.20 Å². The lowest BCUT2D eigenvalue weighted by atomic mass is 10.2. The van der Waals surface area contributed by atoms with Gasteiger partial charge in [0.25, 0.3) is 0 Å². The summed E-state index contributed by atoms with van der Waals surface area (Å²) in [5.41, 5.74) is 6.50. The van der Waals surface area contributed by atoms with Gasteiger partial charge in [0.1, 0.15) is 0 Å². The molecule has 0 spiro atoms. The second kappa shape index (κ2) is 7.68. The summed E-state index contributed by atoms with van der Waals surface area (Å²) in [6.45, 7) is 12.9. The van der Waals surface area contributed by atoms with Gasteiger partial charge in [0.2, 0.25) is 5.95 Å². The second-order valence-electron chi connectivity index (χ2n) is 6.45. The van der Waals surface area contributed by atoms with Crippen LogP contribution in [0, 0.1) is 20.8 Å². The Bertz CT molecular complexity index is 891. The average molecular weight is 353 g/mol. The van der Waals surface area contributed by atoms with Crippen molar-refractivity contribution in [3.05, 3.63) is 41.1 Å². The zero-order valence-corrected chi connectivity index (χ0v) is 16.2. The second-order valence-corrected chi connectivity index (χ2v) is 6.45. The Balaban J connectivity index is 1.79. The SMILES string of the molecule is CCCn1ncc(-c2ccnc(NCc3c(C)nn(CC)c3C)n2)c1C. The number of aromatic nitrogens is 6. The third-order valence-corrected chi connectivity index (χ3v) is 4.72. The van der Waals surface area contributed by atoms with E-state index in [0.29, 0.717) is 12.5 Å². The highest BCUT2D eigenvalue weighted by Crippen LogP contribution is 2.22. The van der Waals surface area contributed by atoms with Crippen LogP contribution in [0.3, 0.4) is 0 Å². The van der Waals surface area contributed by atoms with Gasteiger partial charge in [-0.25, -0.2) is 9.97 Å². The number of hydrogen-bond acceptors (Lipinski definition) is 5. The molecule has 0 bridgehead atoms. The molecule has 3 aromatic heterocycles. The molecule has 0 saturated carbocycles. The van der Waals surface area contributed by atoms with Gasteiger partial charge in [-0.3, -0.25) is 9.36 Å². The normalized spacial score (nSPS) is 11.1. The highest BCUT2D eigenvalue weighted by molar-refractivity contribution is 5.61. The Morgan fingerprint density at radius 1 is 1.08 bits per heavy atom. The van der Waals surface area contributed by atoms with Gasteiger partial charge in [0.05, 0.1) is 17.6 Å². The molecule has 138 valence electrons. The summed E-state index contributed by atoms with van der Waals surface area (Å²) >= 11 is 0. The average Bonchev–Trinajstić information content (AvgIpc) is 3.13. The fourth-order valence-electron chi connectivity index (χ4n) is 3.19. The Labute approximate surface area is 154 Å². The van der Waals surface area contributed by atoms with Crippen LogP contribution in [0.15, 0.2) is 18.5 Å². The molecule has 0 amide bonds. The molecule has 0 aliphatic heterocycles. The third-order valence-electron chi connectivity index (χ3n) is 4.72. The maximum Gasteiger partial charge on any atom is 0.223 e. The van der Waals surface area contributed by atoms with E-state index in [1.807, 2.05) is 28.6 Å². The maximum absolute atomic E-state index is 4.68. The topological polar surface area (TPSA) is 73.5 Å². The molecule has 7 heteroatoms. The fraction of sp³-hybridized carbons (Fsp3) is 0.474. The molecule has 3 heterocycles. The van der Waals surface area contributed by atoms with E-state index in [4.69, 9.17) is 0 Å². The van der Waals surface area contributed by atoms with E-state index in [-0.39, 0.29) is 0 Å². The first-order valence-corrected chi connectivity index (χ1v) is 9.17. The van der Waals surface area contributed by atoms with E-state index in [0.717, 1.165) is 42.2 Å². The zero-order chi connectivity index (χ0) is 18.7. The largest absolute Gasteiger partial charge is 0.350 e. The lowest BCUT2D eigenvalue weighted by Crippen LogP contribution is -2.06. The molecule has 3 aromatic rings. The van der Waals surface area contributed by atoms with E-state index >= 15 is 0 Å². The van der Waals surface area contributed by atoms with Gasteiger partial charge >= 0.3 is 0 Å². The molecule has 0 atom stereocenters. The summed E-state index contributed by atoms with van der Waals surface area (Å²) < 4.78 is 4.05. The van der Waals surface area contributed by atoms with Crippen LogP contribution in [0.25, 0.3) is 11.3 Å². The quantitative estimate of drug-likeness (QED) is 0.704. The number of nitrogens with one attached hydrogen (secondary N) is 1. The molecule has 0 radical (unpaired) electrons. The van der Waals surface area contributed by atoms with Crippen molar-refractivity contribution in [3.63, 3.8) is 0 Å². The third kappa shape index (κ3) is 3.47. The molecule has 0 aliphatic carbocycles. The first-order valence-electron chi connectivity index (χ1n) is 9.17. The summed E-state index contributed by atoms with van der Waals surface area (Å²) in [7, 11) is 0. The molecular formula is C19H27N7. The van der Waals surface area contributed by atoms with Gasteiger partial charge < -0.3 is 5.32 Å². The maximum atomic E-state index is 4.68. The van der Waals surface area contributed by atoms with Gasteiger partial charge in [-0.05, 0) is 40.2 Å². The highest BCUT2D eigenvalue weighted by atomic mass is 15.3. The van der Waals surface area contributed by atoms with Crippen LogP contribution in [-0.4, -0.2) is 29.5 Å². The number of rotatable bonds is 7. The predicted octanol–water partition coefficient (Wildman–Crippen LogP) is 3.50. The van der Waals surface area contributed by atoms with E-state index in [2.05, 4.69) is 53.2 Å². The number of nitrogens with zero attached hydrogens (tertiary/aromatic N) is 6. The minimum absolute atomic E-state index is 0.619. The molecule has 3 rings (SSSR count). The van der Waals surface area contributed by atoms with Crippen LogP contribution < -0.4 is 5.32 Å². The molecule has 1 N–H and O–H groups in total. The van der Waals surface area contributed by atoms with E-state index in [1.165, 1.54) is 11.3 Å². The fourth-order valence-corrected chi connectivity index (χ4v) is 3.19. The van der Waals surface area contributed by atoms with Crippen LogP contribution in [0.4, 0.5) is 5.95 Å². The van der Waals surface area contributed by atoms with Crippen LogP contribution in [0.5, 0.6) is 0 Å². The van der Waals surface area contributed by atoms with Crippen LogP contribution in [0.2, 0.25) is 0 Å². The van der Waals surface area contributed by atoms with Crippen molar-refractivity contribution in [3.8, 4) is 11.3 Å². The number of anilines is 1. The Kier molecular flexibility index (Phi) is 5.35. The van der Waals surface area contributed by atoms with Gasteiger partial charge in [-0.15, -0.1) is 0 Å². The molecule has 0 unspecified atom stereocenters. The number of aryl methyl sites for hydroxylation is 3. The Morgan fingerprint density at radius 2 is 1.88 bits per heavy atom. The molecule has 7 nitrogen and oxygen atoms in total. The van der Waals surface area contributed by atoms with Crippen LogP contribution >= 0.6 is 0 Å². The van der Waals surface area contributed by atoms with E-state index < -0.39 is 0 Å². The lowest BCUT2D eigenvalue weighted by Gasteiger charge is -2.08. The highest BCUT2D eigenvalue weighted by Gasteiger charge is 2.13. The monoisotopic (exact) mass is 353 g/mol. The minimum atomic E-state index is 0.619. The lowest BCUT2D eigenvalue weighted by molar-refractivity contribution is 0.587. The molecule has 0 saturated heterocycles. The Morgan fingerprint density at radius 3 is 2.58 bits per heavy atom. The molecule has 26 heavy (non-hydrogen) atoms. The summed E-state index contributed by atoms with van der Waals surface area (Å²) in [5, 5.41) is 12.4. The number of hydrogen-bond donors (Lipinski definition) is 1. The summed E-state index contributed by atoms with van der Waals surface area (Å²) in [6.07, 6.45) is 4.73. The predicted molar refractivity (Wildman–Crippen MR) is 103 cm³/mol. The van der Waals surface area contributed by atoms with Crippen molar-refractivity contribution in [2.75, 3.05) is 5.32 Å².